The van der Waals surface area contributed by atoms with Crippen molar-refractivity contribution in [3.05, 3.63) is 18.2 Å². The van der Waals surface area contributed by atoms with Gasteiger partial charge in [0.25, 0.3) is 0 Å². The maximum Gasteiger partial charge on any atom is 0.197 e. The molecule has 1 aliphatic heterocycles. The smallest absolute Gasteiger partial charge is 0.197 e. The molecule has 0 amide bonds. The molecular weight excluding hydrogens is 254 g/mol. The van der Waals surface area contributed by atoms with Crippen molar-refractivity contribution in [2.45, 2.75) is 0 Å². The fourth-order valence-electron chi connectivity index (χ4n) is 1.89. The van der Waals surface area contributed by atoms with Gasteiger partial charge in [0.05, 0.1) is 24.6 Å². The van der Waals surface area contributed by atoms with Crippen molar-refractivity contribution in [3.8, 4) is 5.75 Å². The maximum atomic E-state index is 5.33. The Kier molecular flexibility index (Phi) is 3.57. The van der Waals surface area contributed by atoms with E-state index in [1.807, 2.05) is 18.2 Å². The number of hydrogen-bond donors (Lipinski definition) is 3. The van der Waals surface area contributed by atoms with Gasteiger partial charge in [-0.05, 0) is 12.1 Å². The minimum absolute atomic E-state index is 0. The second kappa shape index (κ2) is 5.14. The van der Waals surface area contributed by atoms with E-state index >= 15 is 0 Å². The van der Waals surface area contributed by atoms with Crippen LogP contribution in [-0.4, -0.2) is 36.4 Å². The van der Waals surface area contributed by atoms with Crippen molar-refractivity contribution in [2.75, 3.05) is 25.5 Å². The third-order valence-electron chi connectivity index (χ3n) is 2.68. The summed E-state index contributed by atoms with van der Waals surface area (Å²) in [6.07, 6.45) is 0. The van der Waals surface area contributed by atoms with E-state index in [1.165, 1.54) is 0 Å². The summed E-state index contributed by atoms with van der Waals surface area (Å²) in [7, 11) is 1.65. The van der Waals surface area contributed by atoms with Gasteiger partial charge < -0.3 is 15.4 Å². The Morgan fingerprint density at radius 1 is 1.39 bits per heavy atom. The summed E-state index contributed by atoms with van der Waals surface area (Å²) >= 11 is 0. The highest BCUT2D eigenvalue weighted by atomic mass is 35.5. The van der Waals surface area contributed by atoms with E-state index < -0.39 is 0 Å². The molecule has 0 aliphatic carbocycles. The van der Waals surface area contributed by atoms with E-state index in [-0.39, 0.29) is 12.4 Å². The second-order valence-electron chi connectivity index (χ2n) is 3.74. The number of nitrogens with zero attached hydrogens (tertiary/aromatic N) is 2. The molecule has 7 heteroatoms. The van der Waals surface area contributed by atoms with Gasteiger partial charge in [0.2, 0.25) is 0 Å². The first-order valence-corrected chi connectivity index (χ1v) is 5.45. The molecule has 2 heterocycles. The summed E-state index contributed by atoms with van der Waals surface area (Å²) in [6, 6.07) is 5.79. The number of halogens is 1. The van der Waals surface area contributed by atoms with Crippen LogP contribution in [0.2, 0.25) is 0 Å². The molecule has 1 aromatic carbocycles. The minimum atomic E-state index is 0. The molecule has 0 unspecified atom stereocenters. The first-order chi connectivity index (χ1) is 8.38. The van der Waals surface area contributed by atoms with Gasteiger partial charge in [0.1, 0.15) is 5.75 Å². The normalized spacial score (nSPS) is 13.7. The van der Waals surface area contributed by atoms with Crippen molar-refractivity contribution < 1.29 is 4.74 Å². The number of nitrogens with one attached hydrogen (secondary N) is 3. The van der Waals surface area contributed by atoms with E-state index in [2.05, 4.69) is 25.8 Å². The Morgan fingerprint density at radius 3 is 3.00 bits per heavy atom. The molecule has 0 saturated heterocycles. The minimum Gasteiger partial charge on any atom is -0.496 e. The monoisotopic (exact) mass is 267 g/mol. The lowest BCUT2D eigenvalue weighted by atomic mass is 10.2. The zero-order valence-electron chi connectivity index (χ0n) is 9.86. The number of guanidine groups is 1. The number of anilines is 1. The predicted octanol–water partition coefficient (Wildman–Crippen LogP) is 1.36. The van der Waals surface area contributed by atoms with Crippen LogP contribution in [-0.2, 0) is 0 Å². The molecule has 0 saturated carbocycles. The number of ether oxygens (including phenoxy) is 1. The number of H-pyrrole nitrogens is 1. The van der Waals surface area contributed by atoms with Crippen LogP contribution in [0.1, 0.15) is 0 Å². The van der Waals surface area contributed by atoms with Crippen LogP contribution in [0.15, 0.2) is 23.2 Å². The van der Waals surface area contributed by atoms with Crippen molar-refractivity contribution in [3.63, 3.8) is 0 Å². The van der Waals surface area contributed by atoms with E-state index in [9.17, 15) is 0 Å². The Balaban J connectivity index is 0.00000120. The molecule has 0 radical (unpaired) electrons. The molecule has 3 N–H and O–H groups in total. The summed E-state index contributed by atoms with van der Waals surface area (Å²) < 4.78 is 5.33. The largest absolute Gasteiger partial charge is 0.496 e. The van der Waals surface area contributed by atoms with Gasteiger partial charge in [-0.25, -0.2) is 0 Å². The zero-order valence-corrected chi connectivity index (χ0v) is 10.7. The number of fused-ring (bicyclic) bond motifs is 1. The van der Waals surface area contributed by atoms with Crippen molar-refractivity contribution in [2.24, 2.45) is 4.99 Å². The third kappa shape index (κ3) is 2.06. The Morgan fingerprint density at radius 2 is 2.28 bits per heavy atom. The fraction of sp³-hybridized carbons (Fsp3) is 0.273. The van der Waals surface area contributed by atoms with Gasteiger partial charge in [-0.3, -0.25) is 10.1 Å². The quantitative estimate of drug-likeness (QED) is 0.768. The third-order valence-corrected chi connectivity index (χ3v) is 2.68. The molecule has 0 atom stereocenters. The molecule has 0 spiro atoms. The lowest BCUT2D eigenvalue weighted by Gasteiger charge is -2.05. The van der Waals surface area contributed by atoms with E-state index in [0.717, 1.165) is 41.5 Å². The van der Waals surface area contributed by atoms with Crippen LogP contribution < -0.4 is 15.4 Å². The van der Waals surface area contributed by atoms with Crippen molar-refractivity contribution in [1.29, 1.82) is 0 Å². The molecule has 0 fully saturated rings. The van der Waals surface area contributed by atoms with Crippen LogP contribution in [0.5, 0.6) is 5.75 Å². The van der Waals surface area contributed by atoms with Crippen LogP contribution in [0.25, 0.3) is 10.9 Å². The van der Waals surface area contributed by atoms with E-state index in [1.54, 1.807) is 7.11 Å². The zero-order chi connectivity index (χ0) is 11.7. The average molecular weight is 268 g/mol. The topological polar surface area (TPSA) is 74.3 Å². The lowest BCUT2D eigenvalue weighted by Crippen LogP contribution is -2.26. The van der Waals surface area contributed by atoms with Crippen LogP contribution in [0.4, 0.5) is 5.82 Å². The molecule has 18 heavy (non-hydrogen) atoms. The fourth-order valence-corrected chi connectivity index (χ4v) is 1.89. The predicted molar refractivity (Wildman–Crippen MR) is 73.8 cm³/mol. The summed E-state index contributed by atoms with van der Waals surface area (Å²) in [6.45, 7) is 1.66. The molecule has 6 nitrogen and oxygen atoms in total. The SMILES string of the molecule is COc1cccc2[nH]nc(NC3=NCCN3)c12.Cl. The van der Waals surface area contributed by atoms with Crippen LogP contribution in [0, 0.1) is 0 Å². The molecule has 1 aliphatic rings. The van der Waals surface area contributed by atoms with Crippen LogP contribution >= 0.6 is 12.4 Å². The number of aromatic amines is 1. The van der Waals surface area contributed by atoms with E-state index in [0.29, 0.717) is 0 Å². The Labute approximate surface area is 110 Å². The second-order valence-corrected chi connectivity index (χ2v) is 3.74. The first-order valence-electron chi connectivity index (χ1n) is 5.45. The van der Waals surface area contributed by atoms with Crippen LogP contribution in [0.3, 0.4) is 0 Å². The number of benzene rings is 1. The summed E-state index contributed by atoms with van der Waals surface area (Å²) in [5, 5.41) is 14.4. The van der Waals surface area contributed by atoms with Gasteiger partial charge in [0, 0.05) is 6.54 Å². The maximum absolute atomic E-state index is 5.33. The lowest BCUT2D eigenvalue weighted by molar-refractivity contribution is 0.420. The highest BCUT2D eigenvalue weighted by Crippen LogP contribution is 2.30. The number of aromatic nitrogens is 2. The average Bonchev–Trinajstić information content (AvgIpc) is 2.99. The number of aliphatic imine (C=N–C) groups is 1. The number of hydrogen-bond acceptors (Lipinski definition) is 5. The van der Waals surface area contributed by atoms with Crippen molar-refractivity contribution >= 4 is 35.1 Å². The molecule has 1 aromatic heterocycles. The van der Waals surface area contributed by atoms with Gasteiger partial charge in [-0.1, -0.05) is 6.07 Å². The standard InChI is InChI=1S/C11H13N5O.ClH/c1-17-8-4-2-3-7-9(8)10(16-15-7)14-11-12-5-6-13-11;/h2-4H,5-6H2,1H3,(H3,12,13,14,15,16);1H. The molecule has 2 aromatic rings. The van der Waals surface area contributed by atoms with Gasteiger partial charge in [-0.2, -0.15) is 5.10 Å². The summed E-state index contributed by atoms with van der Waals surface area (Å²) in [4.78, 5) is 4.27. The summed E-state index contributed by atoms with van der Waals surface area (Å²) in [5.74, 6) is 2.27. The van der Waals surface area contributed by atoms with Gasteiger partial charge in [0.15, 0.2) is 11.8 Å². The molecule has 0 bridgehead atoms. The van der Waals surface area contributed by atoms with Gasteiger partial charge >= 0.3 is 0 Å². The van der Waals surface area contributed by atoms with Gasteiger partial charge in [-0.15, -0.1) is 12.4 Å². The first kappa shape index (κ1) is 12.5. The Hall–Kier alpha value is -1.95. The Bertz CT molecular complexity index is 580. The summed E-state index contributed by atoms with van der Waals surface area (Å²) in [5.41, 5.74) is 0.936. The molecule has 96 valence electrons. The number of methoxy groups -OCH3 is 1. The number of rotatable bonds is 2. The molecular formula is C11H14ClN5O. The molecule has 3 rings (SSSR count). The highest BCUT2D eigenvalue weighted by Gasteiger charge is 2.13. The van der Waals surface area contributed by atoms with Crippen molar-refractivity contribution in [1.82, 2.24) is 15.5 Å². The van der Waals surface area contributed by atoms with E-state index in [4.69, 9.17) is 4.74 Å². The highest BCUT2D eigenvalue weighted by molar-refractivity contribution is 6.03.